The third-order valence-electron chi connectivity index (χ3n) is 1.60. The van der Waals surface area contributed by atoms with Gasteiger partial charge in [0.25, 0.3) is 6.43 Å². The topological polar surface area (TPSA) is 29.0 Å². The number of rotatable bonds is 5. The Bertz CT molecular complexity index is 294. The fraction of sp³-hybridized carbons (Fsp3) is 0.500. The van der Waals surface area contributed by atoms with Crippen molar-refractivity contribution >= 4 is 29.2 Å². The van der Waals surface area contributed by atoms with Crippen LogP contribution in [0.5, 0.6) is 0 Å². The normalized spacial score (nSPS) is 10.7. The van der Waals surface area contributed by atoms with E-state index in [0.29, 0.717) is 5.02 Å². The Morgan fingerprint density at radius 1 is 1.33 bits per heavy atom. The summed E-state index contributed by atoms with van der Waals surface area (Å²) >= 11 is 11.1. The number of halogens is 4. The van der Waals surface area contributed by atoms with E-state index in [9.17, 15) is 8.78 Å². The van der Waals surface area contributed by atoms with Crippen LogP contribution < -0.4 is 4.90 Å². The van der Waals surface area contributed by atoms with Gasteiger partial charge in [0.2, 0.25) is 5.95 Å². The minimum atomic E-state index is -2.45. The zero-order chi connectivity index (χ0) is 11.3. The Hall–Kier alpha value is -0.680. The molecule has 0 N–H and O–H groups in total. The smallest absolute Gasteiger partial charge is 0.255 e. The zero-order valence-corrected chi connectivity index (χ0v) is 9.22. The zero-order valence-electron chi connectivity index (χ0n) is 7.71. The molecule has 0 fully saturated rings. The fourth-order valence-electron chi connectivity index (χ4n) is 1.01. The van der Waals surface area contributed by atoms with Gasteiger partial charge < -0.3 is 4.90 Å². The van der Waals surface area contributed by atoms with Crippen LogP contribution in [0.15, 0.2) is 12.4 Å². The molecule has 1 rings (SSSR count). The molecule has 0 amide bonds. The first-order valence-corrected chi connectivity index (χ1v) is 5.11. The second kappa shape index (κ2) is 6.02. The minimum absolute atomic E-state index is 0.209. The molecule has 1 aromatic heterocycles. The lowest BCUT2D eigenvalue weighted by Gasteiger charge is -2.20. The van der Waals surface area contributed by atoms with E-state index < -0.39 is 13.0 Å². The highest BCUT2D eigenvalue weighted by molar-refractivity contribution is 6.30. The van der Waals surface area contributed by atoms with Crippen molar-refractivity contribution in [2.75, 3.05) is 23.9 Å². The van der Waals surface area contributed by atoms with Crippen LogP contribution in [0.2, 0.25) is 5.02 Å². The monoisotopic (exact) mass is 255 g/mol. The van der Waals surface area contributed by atoms with E-state index in [1.54, 1.807) is 0 Å². The molecule has 0 saturated carbocycles. The number of hydrogen-bond acceptors (Lipinski definition) is 3. The molecule has 15 heavy (non-hydrogen) atoms. The van der Waals surface area contributed by atoms with Gasteiger partial charge in [-0.05, 0) is 0 Å². The van der Waals surface area contributed by atoms with Gasteiger partial charge >= 0.3 is 0 Å². The van der Waals surface area contributed by atoms with Crippen molar-refractivity contribution in [1.29, 1.82) is 0 Å². The molecule has 0 aromatic carbocycles. The van der Waals surface area contributed by atoms with Crippen molar-refractivity contribution < 1.29 is 8.78 Å². The van der Waals surface area contributed by atoms with Crippen LogP contribution in [-0.4, -0.2) is 35.4 Å². The molecule has 1 heterocycles. The van der Waals surface area contributed by atoms with E-state index in [0.717, 1.165) is 0 Å². The summed E-state index contributed by atoms with van der Waals surface area (Å²) in [6, 6.07) is 0. The Kier molecular flexibility index (Phi) is 4.98. The van der Waals surface area contributed by atoms with Crippen LogP contribution in [0.25, 0.3) is 0 Å². The van der Waals surface area contributed by atoms with Crippen LogP contribution in [0.1, 0.15) is 0 Å². The van der Waals surface area contributed by atoms with Crippen molar-refractivity contribution in [3.05, 3.63) is 17.4 Å². The fourth-order valence-corrected chi connectivity index (χ4v) is 1.31. The highest BCUT2D eigenvalue weighted by Crippen LogP contribution is 2.11. The summed E-state index contributed by atoms with van der Waals surface area (Å²) in [5, 5.41) is 0.363. The predicted molar refractivity (Wildman–Crippen MR) is 56.0 cm³/mol. The average Bonchev–Trinajstić information content (AvgIpc) is 2.17. The van der Waals surface area contributed by atoms with Gasteiger partial charge in [0, 0.05) is 12.4 Å². The molecule has 0 radical (unpaired) electrons. The maximum Gasteiger partial charge on any atom is 0.255 e. The highest BCUT2D eigenvalue weighted by Gasteiger charge is 2.14. The molecule has 0 aliphatic rings. The minimum Gasteiger partial charge on any atom is -0.334 e. The molecule has 0 unspecified atom stereocenters. The Balaban J connectivity index is 2.74. The molecule has 84 valence electrons. The number of hydrogen-bond donors (Lipinski definition) is 0. The van der Waals surface area contributed by atoms with Crippen molar-refractivity contribution in [2.24, 2.45) is 0 Å². The summed E-state index contributed by atoms with van der Waals surface area (Å²) in [6.45, 7) is -0.165. The Morgan fingerprint density at radius 2 is 1.93 bits per heavy atom. The van der Waals surface area contributed by atoms with E-state index in [-0.39, 0.29) is 18.4 Å². The standard InChI is InChI=1S/C8H9Cl2F2N3/c9-1-2-15(5-7(11)12)8-13-3-6(10)4-14-8/h3-4,7H,1-2,5H2. The van der Waals surface area contributed by atoms with Gasteiger partial charge in [0.1, 0.15) is 0 Å². The molecule has 0 bridgehead atoms. The Labute approximate surface area is 96.0 Å². The molecule has 0 saturated heterocycles. The average molecular weight is 256 g/mol. The van der Waals surface area contributed by atoms with E-state index in [2.05, 4.69) is 9.97 Å². The van der Waals surface area contributed by atoms with Crippen molar-refractivity contribution in [3.8, 4) is 0 Å². The van der Waals surface area contributed by atoms with Gasteiger partial charge in [-0.25, -0.2) is 18.7 Å². The number of aromatic nitrogens is 2. The van der Waals surface area contributed by atoms with E-state index >= 15 is 0 Å². The molecule has 1 aromatic rings. The molecular formula is C8H9Cl2F2N3. The number of alkyl halides is 3. The van der Waals surface area contributed by atoms with E-state index in [4.69, 9.17) is 23.2 Å². The first-order chi connectivity index (χ1) is 7.13. The summed E-state index contributed by atoms with van der Waals surface area (Å²) in [4.78, 5) is 9.00. The van der Waals surface area contributed by atoms with Gasteiger partial charge in [0.15, 0.2) is 0 Å². The van der Waals surface area contributed by atoms with Crippen molar-refractivity contribution in [2.45, 2.75) is 6.43 Å². The molecule has 7 heteroatoms. The summed E-state index contributed by atoms with van der Waals surface area (Å²) < 4.78 is 24.4. The lowest BCUT2D eigenvalue weighted by atomic mass is 10.5. The largest absolute Gasteiger partial charge is 0.334 e. The number of nitrogens with zero attached hydrogens (tertiary/aromatic N) is 3. The predicted octanol–water partition coefficient (Wildman–Crippen LogP) is 2.44. The first-order valence-electron chi connectivity index (χ1n) is 4.20. The summed E-state index contributed by atoms with van der Waals surface area (Å²) in [5.41, 5.74) is 0. The van der Waals surface area contributed by atoms with Crippen LogP contribution in [0.3, 0.4) is 0 Å². The van der Waals surface area contributed by atoms with E-state index in [1.807, 2.05) is 0 Å². The quantitative estimate of drug-likeness (QED) is 0.757. The maximum atomic E-state index is 12.2. The van der Waals surface area contributed by atoms with Crippen molar-refractivity contribution in [1.82, 2.24) is 9.97 Å². The lowest BCUT2D eigenvalue weighted by molar-refractivity contribution is 0.154. The summed E-state index contributed by atoms with van der Waals surface area (Å²) in [6.07, 6.45) is 0.264. The second-order valence-electron chi connectivity index (χ2n) is 2.73. The SMILES string of the molecule is FC(F)CN(CCCl)c1ncc(Cl)cn1. The second-order valence-corrected chi connectivity index (χ2v) is 3.54. The Morgan fingerprint density at radius 3 is 2.40 bits per heavy atom. The van der Waals surface area contributed by atoms with Gasteiger partial charge in [0.05, 0.1) is 24.0 Å². The lowest BCUT2D eigenvalue weighted by Crippen LogP contribution is -2.32. The van der Waals surface area contributed by atoms with Gasteiger partial charge in [-0.2, -0.15) is 0 Å². The summed E-state index contributed by atoms with van der Waals surface area (Å²) in [7, 11) is 0. The molecular weight excluding hydrogens is 247 g/mol. The molecule has 0 aliphatic heterocycles. The highest BCUT2D eigenvalue weighted by atomic mass is 35.5. The van der Waals surface area contributed by atoms with E-state index in [1.165, 1.54) is 17.3 Å². The third-order valence-corrected chi connectivity index (χ3v) is 1.97. The van der Waals surface area contributed by atoms with Crippen molar-refractivity contribution in [3.63, 3.8) is 0 Å². The van der Waals surface area contributed by atoms with Gasteiger partial charge in [-0.1, -0.05) is 11.6 Å². The van der Waals surface area contributed by atoms with Crippen LogP contribution in [-0.2, 0) is 0 Å². The number of anilines is 1. The van der Waals surface area contributed by atoms with Crippen LogP contribution in [0.4, 0.5) is 14.7 Å². The molecule has 0 aliphatic carbocycles. The third kappa shape index (κ3) is 4.13. The molecule has 3 nitrogen and oxygen atoms in total. The van der Waals surface area contributed by atoms with Crippen LogP contribution >= 0.6 is 23.2 Å². The van der Waals surface area contributed by atoms with Gasteiger partial charge in [-0.15, -0.1) is 11.6 Å². The molecule has 0 atom stereocenters. The maximum absolute atomic E-state index is 12.2. The van der Waals surface area contributed by atoms with Crippen LogP contribution in [0, 0.1) is 0 Å². The van der Waals surface area contributed by atoms with Gasteiger partial charge in [-0.3, -0.25) is 0 Å². The molecule has 0 spiro atoms. The first kappa shape index (κ1) is 12.4. The summed E-state index contributed by atoms with van der Waals surface area (Å²) in [5.74, 6) is 0.443.